The van der Waals surface area contributed by atoms with Crippen LogP contribution in [0.2, 0.25) is 0 Å². The van der Waals surface area contributed by atoms with Gasteiger partial charge in [0.15, 0.2) is 0 Å². The maximum absolute atomic E-state index is 4.25. The van der Waals surface area contributed by atoms with Gasteiger partial charge >= 0.3 is 0 Å². The lowest BCUT2D eigenvalue weighted by Crippen LogP contribution is -2.56. The van der Waals surface area contributed by atoms with Crippen molar-refractivity contribution in [3.8, 4) is 0 Å². The van der Waals surface area contributed by atoms with Crippen LogP contribution in [0, 0.1) is 5.92 Å². The molecule has 1 saturated carbocycles. The highest BCUT2D eigenvalue weighted by molar-refractivity contribution is 5.02. The van der Waals surface area contributed by atoms with Gasteiger partial charge in [0.1, 0.15) is 0 Å². The van der Waals surface area contributed by atoms with Crippen LogP contribution in [-0.2, 0) is 13.5 Å². The highest BCUT2D eigenvalue weighted by Crippen LogP contribution is 2.36. The van der Waals surface area contributed by atoms with Gasteiger partial charge in [-0.15, -0.1) is 0 Å². The fraction of sp³-hybridized carbons (Fsp3) is 0.786. The first kappa shape index (κ1) is 12.2. The van der Waals surface area contributed by atoms with Crippen LogP contribution in [0.3, 0.4) is 0 Å². The van der Waals surface area contributed by atoms with E-state index in [1.807, 2.05) is 17.9 Å². The second kappa shape index (κ2) is 5.02. The summed E-state index contributed by atoms with van der Waals surface area (Å²) in [4.78, 5) is 2.70. The van der Waals surface area contributed by atoms with E-state index in [0.29, 0.717) is 6.04 Å². The van der Waals surface area contributed by atoms with Crippen LogP contribution in [-0.4, -0.2) is 46.4 Å². The molecule has 0 amide bonds. The number of hydrogen-bond donors (Lipinski definition) is 1. The Morgan fingerprint density at radius 2 is 2.28 bits per heavy atom. The molecule has 1 aromatic rings. The van der Waals surface area contributed by atoms with E-state index in [9.17, 15) is 0 Å². The van der Waals surface area contributed by atoms with Crippen LogP contribution in [0.4, 0.5) is 0 Å². The summed E-state index contributed by atoms with van der Waals surface area (Å²) in [5.41, 5.74) is 1.34. The Morgan fingerprint density at radius 1 is 1.44 bits per heavy atom. The van der Waals surface area contributed by atoms with Gasteiger partial charge < -0.3 is 5.32 Å². The SMILES string of the molecule is CC1CN(CCc2ccnn2C)C(C2CC2)CN1. The molecule has 0 radical (unpaired) electrons. The van der Waals surface area contributed by atoms with Crippen molar-refractivity contribution < 1.29 is 0 Å². The minimum atomic E-state index is 0.631. The van der Waals surface area contributed by atoms with Crippen molar-refractivity contribution >= 4 is 0 Å². The maximum Gasteiger partial charge on any atom is 0.0492 e. The normalized spacial score (nSPS) is 29.7. The lowest BCUT2D eigenvalue weighted by molar-refractivity contribution is 0.120. The predicted molar refractivity (Wildman–Crippen MR) is 72.5 cm³/mol. The van der Waals surface area contributed by atoms with Crippen molar-refractivity contribution in [3.05, 3.63) is 18.0 Å². The molecule has 2 fully saturated rings. The molecule has 1 aliphatic carbocycles. The zero-order chi connectivity index (χ0) is 12.5. The Morgan fingerprint density at radius 3 is 2.94 bits per heavy atom. The zero-order valence-corrected chi connectivity index (χ0v) is 11.5. The Kier molecular flexibility index (Phi) is 3.39. The monoisotopic (exact) mass is 248 g/mol. The van der Waals surface area contributed by atoms with Gasteiger partial charge in [-0.05, 0) is 31.7 Å². The number of aryl methyl sites for hydroxylation is 1. The van der Waals surface area contributed by atoms with Crippen molar-refractivity contribution in [3.63, 3.8) is 0 Å². The summed E-state index contributed by atoms with van der Waals surface area (Å²) < 4.78 is 2.00. The minimum Gasteiger partial charge on any atom is -0.311 e. The molecule has 2 atom stereocenters. The van der Waals surface area contributed by atoms with E-state index in [0.717, 1.165) is 18.4 Å². The van der Waals surface area contributed by atoms with Gasteiger partial charge in [0.05, 0.1) is 0 Å². The van der Waals surface area contributed by atoms with Gasteiger partial charge in [0.25, 0.3) is 0 Å². The second-order valence-corrected chi connectivity index (χ2v) is 5.91. The van der Waals surface area contributed by atoms with Crippen LogP contribution in [0.15, 0.2) is 12.3 Å². The first-order valence-electron chi connectivity index (χ1n) is 7.18. The summed E-state index contributed by atoms with van der Waals surface area (Å²) >= 11 is 0. The number of rotatable bonds is 4. The molecule has 3 rings (SSSR count). The van der Waals surface area contributed by atoms with Gasteiger partial charge in [0.2, 0.25) is 0 Å². The van der Waals surface area contributed by atoms with Crippen molar-refractivity contribution in [2.45, 2.75) is 38.3 Å². The van der Waals surface area contributed by atoms with Gasteiger partial charge in [0, 0.05) is 57.1 Å². The predicted octanol–water partition coefficient (Wildman–Crippen LogP) is 1.03. The van der Waals surface area contributed by atoms with Gasteiger partial charge in [-0.3, -0.25) is 9.58 Å². The van der Waals surface area contributed by atoms with Gasteiger partial charge in [-0.2, -0.15) is 5.10 Å². The molecule has 2 unspecified atom stereocenters. The first-order chi connectivity index (χ1) is 8.74. The summed E-state index contributed by atoms with van der Waals surface area (Å²) in [6, 6.07) is 3.54. The van der Waals surface area contributed by atoms with Crippen LogP contribution in [0.25, 0.3) is 0 Å². The third kappa shape index (κ3) is 2.59. The number of nitrogens with zero attached hydrogens (tertiary/aromatic N) is 3. The van der Waals surface area contributed by atoms with E-state index >= 15 is 0 Å². The molecule has 0 aromatic carbocycles. The third-order valence-corrected chi connectivity index (χ3v) is 4.40. The molecule has 100 valence electrons. The molecule has 1 saturated heterocycles. The van der Waals surface area contributed by atoms with E-state index in [4.69, 9.17) is 0 Å². The van der Waals surface area contributed by atoms with Crippen LogP contribution >= 0.6 is 0 Å². The summed E-state index contributed by atoms with van der Waals surface area (Å²) in [7, 11) is 2.04. The Labute approximate surface area is 109 Å². The molecule has 0 bridgehead atoms. The highest BCUT2D eigenvalue weighted by atomic mass is 15.3. The maximum atomic E-state index is 4.25. The molecule has 2 aliphatic rings. The molecule has 2 heterocycles. The smallest absolute Gasteiger partial charge is 0.0492 e. The fourth-order valence-corrected chi connectivity index (χ4v) is 3.11. The number of piperazine rings is 1. The average molecular weight is 248 g/mol. The summed E-state index contributed by atoms with van der Waals surface area (Å²) in [5.74, 6) is 0.955. The molecule has 1 aromatic heterocycles. The Balaban J connectivity index is 1.60. The molecule has 1 aliphatic heterocycles. The van der Waals surface area contributed by atoms with Crippen molar-refractivity contribution in [1.29, 1.82) is 0 Å². The van der Waals surface area contributed by atoms with Crippen molar-refractivity contribution in [1.82, 2.24) is 20.0 Å². The number of aromatic nitrogens is 2. The molecule has 1 N–H and O–H groups in total. The van der Waals surface area contributed by atoms with E-state index in [1.165, 1.54) is 38.2 Å². The summed E-state index contributed by atoms with van der Waals surface area (Å²) in [6.07, 6.45) is 5.88. The van der Waals surface area contributed by atoms with E-state index in [-0.39, 0.29) is 0 Å². The number of nitrogens with one attached hydrogen (secondary N) is 1. The minimum absolute atomic E-state index is 0.631. The zero-order valence-electron chi connectivity index (χ0n) is 11.5. The van der Waals surface area contributed by atoms with Crippen LogP contribution in [0.5, 0.6) is 0 Å². The largest absolute Gasteiger partial charge is 0.311 e. The topological polar surface area (TPSA) is 33.1 Å². The standard InChI is InChI=1S/C14H24N4/c1-11-10-18(14(9-15-11)12-3-4-12)8-6-13-5-7-16-17(13)2/h5,7,11-12,14-15H,3-4,6,8-10H2,1-2H3. The van der Waals surface area contributed by atoms with Crippen LogP contribution in [0.1, 0.15) is 25.5 Å². The lowest BCUT2D eigenvalue weighted by Gasteiger charge is -2.39. The van der Waals surface area contributed by atoms with Crippen molar-refractivity contribution in [2.75, 3.05) is 19.6 Å². The quantitative estimate of drug-likeness (QED) is 0.864. The summed E-state index contributed by atoms with van der Waals surface area (Å²) in [5, 5.41) is 7.88. The molecule has 0 spiro atoms. The second-order valence-electron chi connectivity index (χ2n) is 5.91. The molecule has 4 heteroatoms. The average Bonchev–Trinajstić information content (AvgIpc) is 3.11. The molecule has 4 nitrogen and oxygen atoms in total. The van der Waals surface area contributed by atoms with Gasteiger partial charge in [-0.25, -0.2) is 0 Å². The number of hydrogen-bond acceptors (Lipinski definition) is 3. The van der Waals surface area contributed by atoms with E-state index < -0.39 is 0 Å². The third-order valence-electron chi connectivity index (χ3n) is 4.40. The summed E-state index contributed by atoms with van der Waals surface area (Å²) in [6.45, 7) is 5.84. The Hall–Kier alpha value is -0.870. The van der Waals surface area contributed by atoms with E-state index in [1.54, 1.807) is 0 Å². The Bertz CT molecular complexity index is 396. The molecular weight excluding hydrogens is 224 g/mol. The van der Waals surface area contributed by atoms with E-state index in [2.05, 4.69) is 28.3 Å². The van der Waals surface area contributed by atoms with Crippen molar-refractivity contribution in [2.24, 2.45) is 13.0 Å². The van der Waals surface area contributed by atoms with Gasteiger partial charge in [-0.1, -0.05) is 0 Å². The highest BCUT2D eigenvalue weighted by Gasteiger charge is 2.37. The fourth-order valence-electron chi connectivity index (χ4n) is 3.11. The first-order valence-corrected chi connectivity index (χ1v) is 7.18. The lowest BCUT2D eigenvalue weighted by atomic mass is 10.0. The molecular formula is C14H24N4. The van der Waals surface area contributed by atoms with Crippen LogP contribution < -0.4 is 5.32 Å². The molecule has 18 heavy (non-hydrogen) atoms.